The molecule has 8 nitrogen and oxygen atoms in total. The fourth-order valence-corrected chi connectivity index (χ4v) is 7.34. The summed E-state index contributed by atoms with van der Waals surface area (Å²) in [6, 6.07) is -0.234. The van der Waals surface area contributed by atoms with Crippen molar-refractivity contribution in [1.82, 2.24) is 14.7 Å². The van der Waals surface area contributed by atoms with E-state index >= 15 is 0 Å². The topological polar surface area (TPSA) is 105 Å². The summed E-state index contributed by atoms with van der Waals surface area (Å²) in [6.45, 7) is 9.77. The first kappa shape index (κ1) is 23.0. The number of rotatable bonds is 8. The van der Waals surface area contributed by atoms with Crippen molar-refractivity contribution in [3.8, 4) is 0 Å². The lowest BCUT2D eigenvalue weighted by molar-refractivity contribution is -0.163. The Bertz CT molecular complexity index is 737. The molecule has 0 saturated carbocycles. The van der Waals surface area contributed by atoms with Crippen LogP contribution in [0, 0.1) is 17.8 Å². The van der Waals surface area contributed by atoms with Crippen molar-refractivity contribution in [2.24, 2.45) is 17.8 Å². The number of nitrogens with zero attached hydrogens (tertiary/aromatic N) is 3. The minimum absolute atomic E-state index is 0.0571. The summed E-state index contributed by atoms with van der Waals surface area (Å²) in [7, 11) is 0. The molecule has 3 N–H and O–H groups in total. The van der Waals surface area contributed by atoms with E-state index in [1.807, 2.05) is 6.92 Å². The van der Waals surface area contributed by atoms with E-state index < -0.39 is 18.0 Å². The number of aliphatic hydroxyl groups excluding tert-OH is 2. The normalized spacial score (nSPS) is 33.7. The Kier molecular flexibility index (Phi) is 6.98. The number of β-amino-alcohol motifs (C(OH)–C–C–N with tert-alkyl or cyclic N) is 1. The minimum Gasteiger partial charge on any atom is -0.477 e. The number of piperidine rings is 1. The number of carboxylic acid groups (broad SMARTS) is 1. The molecule has 5 atom stereocenters. The van der Waals surface area contributed by atoms with Crippen LogP contribution in [-0.4, -0.2) is 105 Å². The predicted molar refractivity (Wildman–Crippen MR) is 118 cm³/mol. The second kappa shape index (κ2) is 9.39. The minimum atomic E-state index is -1.04. The summed E-state index contributed by atoms with van der Waals surface area (Å²) in [6.07, 6.45) is 2.59. The van der Waals surface area contributed by atoms with Crippen LogP contribution in [0.15, 0.2) is 10.6 Å². The van der Waals surface area contributed by atoms with E-state index in [-0.39, 0.29) is 30.2 Å². The second-order valence-corrected chi connectivity index (χ2v) is 10.9. The van der Waals surface area contributed by atoms with Crippen molar-refractivity contribution >= 4 is 23.6 Å². The predicted octanol–water partition coefficient (Wildman–Crippen LogP) is 0.652. The summed E-state index contributed by atoms with van der Waals surface area (Å²) in [5.41, 5.74) is 0.138. The number of carbonyl (C=O) groups excluding carboxylic acids is 1. The first-order valence-corrected chi connectivity index (χ1v) is 12.4. The van der Waals surface area contributed by atoms with E-state index in [0.29, 0.717) is 11.2 Å². The Morgan fingerprint density at radius 1 is 1.19 bits per heavy atom. The molecule has 31 heavy (non-hydrogen) atoms. The number of aliphatic hydroxyl groups is 2. The van der Waals surface area contributed by atoms with Crippen LogP contribution < -0.4 is 0 Å². The zero-order chi connectivity index (χ0) is 22.3. The van der Waals surface area contributed by atoms with E-state index in [1.54, 1.807) is 18.7 Å². The van der Waals surface area contributed by atoms with Crippen molar-refractivity contribution < 1.29 is 24.9 Å². The van der Waals surface area contributed by atoms with Crippen LogP contribution >= 0.6 is 11.8 Å². The molecular weight excluding hydrogens is 418 g/mol. The molecule has 3 fully saturated rings. The smallest absolute Gasteiger partial charge is 0.353 e. The van der Waals surface area contributed by atoms with Crippen molar-refractivity contribution in [3.63, 3.8) is 0 Å². The number of hydrogen-bond acceptors (Lipinski definition) is 7. The Morgan fingerprint density at radius 3 is 2.48 bits per heavy atom. The lowest BCUT2D eigenvalue weighted by atomic mass is 9.79. The van der Waals surface area contributed by atoms with Crippen LogP contribution in [0.25, 0.3) is 0 Å². The maximum atomic E-state index is 12.5. The Morgan fingerprint density at radius 2 is 1.87 bits per heavy atom. The molecule has 0 bridgehead atoms. The van der Waals surface area contributed by atoms with Crippen LogP contribution in [0.3, 0.4) is 0 Å². The summed E-state index contributed by atoms with van der Waals surface area (Å²) < 4.78 is 0. The average Bonchev–Trinajstić information content (AvgIpc) is 3.25. The molecule has 4 rings (SSSR count). The third-order valence-corrected chi connectivity index (χ3v) is 9.01. The summed E-state index contributed by atoms with van der Waals surface area (Å²) in [5.74, 6) is -1.18. The number of β-lactam (4-membered cyclic amide) rings is 1. The van der Waals surface area contributed by atoms with E-state index in [0.717, 1.165) is 50.6 Å². The first-order chi connectivity index (χ1) is 14.8. The Labute approximate surface area is 188 Å². The van der Waals surface area contributed by atoms with E-state index in [1.165, 1.54) is 17.7 Å². The largest absolute Gasteiger partial charge is 0.477 e. The number of hydrogen-bond donors (Lipinski definition) is 3. The molecule has 1 amide bonds. The first-order valence-electron chi connectivity index (χ1n) is 11.5. The molecule has 0 aromatic heterocycles. The van der Waals surface area contributed by atoms with Gasteiger partial charge in [-0.25, -0.2) is 4.79 Å². The fraction of sp³-hybridized carbons (Fsp3) is 0.818. The van der Waals surface area contributed by atoms with E-state index in [4.69, 9.17) is 5.11 Å². The number of aliphatic carboxylic acids is 1. The molecule has 4 aliphatic heterocycles. The number of fused-ring (bicyclic) bond motifs is 1. The van der Waals surface area contributed by atoms with Gasteiger partial charge in [-0.1, -0.05) is 6.92 Å². The van der Waals surface area contributed by atoms with Gasteiger partial charge in [0, 0.05) is 35.7 Å². The van der Waals surface area contributed by atoms with Crippen LogP contribution in [0.5, 0.6) is 0 Å². The van der Waals surface area contributed by atoms with Crippen LogP contribution in [-0.2, 0) is 9.59 Å². The maximum absolute atomic E-state index is 12.5. The maximum Gasteiger partial charge on any atom is 0.353 e. The molecule has 4 aliphatic rings. The molecule has 174 valence electrons. The van der Waals surface area contributed by atoms with Gasteiger partial charge >= 0.3 is 5.97 Å². The van der Waals surface area contributed by atoms with Gasteiger partial charge in [-0.3, -0.25) is 4.79 Å². The van der Waals surface area contributed by atoms with E-state index in [2.05, 4.69) is 9.80 Å². The molecule has 0 radical (unpaired) electrons. The van der Waals surface area contributed by atoms with Crippen molar-refractivity contribution in [2.45, 2.75) is 50.5 Å². The molecule has 9 heteroatoms. The quantitative estimate of drug-likeness (QED) is 0.460. The van der Waals surface area contributed by atoms with Gasteiger partial charge in [0.05, 0.1) is 24.7 Å². The Balaban J connectivity index is 1.34. The lowest BCUT2D eigenvalue weighted by Crippen LogP contribution is -2.63. The molecule has 0 aromatic carbocycles. The van der Waals surface area contributed by atoms with Crippen molar-refractivity contribution in [3.05, 3.63) is 10.6 Å². The molecule has 3 saturated heterocycles. The average molecular weight is 454 g/mol. The highest BCUT2D eigenvalue weighted by Crippen LogP contribution is 2.51. The molecule has 0 spiro atoms. The summed E-state index contributed by atoms with van der Waals surface area (Å²) in [5, 5.41) is 29.2. The highest BCUT2D eigenvalue weighted by atomic mass is 32.2. The van der Waals surface area contributed by atoms with Crippen molar-refractivity contribution in [2.75, 3.05) is 45.9 Å². The number of thioether (sulfide) groups is 1. The van der Waals surface area contributed by atoms with Gasteiger partial charge in [-0.05, 0) is 51.7 Å². The Hall–Kier alpha value is -1.13. The number of carboxylic acids is 1. The summed E-state index contributed by atoms with van der Waals surface area (Å²) >= 11 is 1.64. The SMILES string of the molecule is C[C@@H](O)[C@H]1C(=O)N2C(C(=O)O)=C(SC3CCN(CC4CCN(CCO)CC4)C3)[C@H](C)[C@H]12. The molecule has 4 heterocycles. The van der Waals surface area contributed by atoms with Gasteiger partial charge in [0.2, 0.25) is 5.91 Å². The molecule has 1 unspecified atom stereocenters. The zero-order valence-corrected chi connectivity index (χ0v) is 19.3. The highest BCUT2D eigenvalue weighted by molar-refractivity contribution is 8.03. The second-order valence-electron chi connectivity index (χ2n) is 9.57. The van der Waals surface area contributed by atoms with Crippen LogP contribution in [0.4, 0.5) is 0 Å². The van der Waals surface area contributed by atoms with Gasteiger partial charge in [0.15, 0.2) is 0 Å². The monoisotopic (exact) mass is 453 g/mol. The summed E-state index contributed by atoms with van der Waals surface area (Å²) in [4.78, 5) is 31.5. The molecule has 0 aromatic rings. The van der Waals surface area contributed by atoms with Crippen LogP contribution in [0.2, 0.25) is 0 Å². The standard InChI is InChI=1S/C22H35N3O5S/c1-13-18-17(14(2)27)21(28)25(18)19(22(29)30)20(13)31-16-5-8-24(12-16)11-15-3-6-23(7-4-15)9-10-26/h13-18,26-27H,3-12H2,1-2H3,(H,29,30)/t13-,14-,16?,17-,18-/m1/s1. The molecular formula is C22H35N3O5S. The van der Waals surface area contributed by atoms with Gasteiger partial charge < -0.3 is 30.0 Å². The zero-order valence-electron chi connectivity index (χ0n) is 18.4. The van der Waals surface area contributed by atoms with Gasteiger partial charge in [-0.15, -0.1) is 11.8 Å². The van der Waals surface area contributed by atoms with E-state index in [9.17, 15) is 19.8 Å². The van der Waals surface area contributed by atoms with Crippen molar-refractivity contribution in [1.29, 1.82) is 0 Å². The highest BCUT2D eigenvalue weighted by Gasteiger charge is 2.60. The van der Waals surface area contributed by atoms with Gasteiger partial charge in [0.25, 0.3) is 0 Å². The third-order valence-electron chi connectivity index (χ3n) is 7.47. The molecule has 0 aliphatic carbocycles. The lowest BCUT2D eigenvalue weighted by Gasteiger charge is -2.46. The van der Waals surface area contributed by atoms with Gasteiger partial charge in [0.1, 0.15) is 5.70 Å². The third kappa shape index (κ3) is 4.39. The fourth-order valence-electron chi connectivity index (χ4n) is 5.82. The van der Waals surface area contributed by atoms with Gasteiger partial charge in [-0.2, -0.15) is 0 Å². The number of likely N-dealkylation sites (tertiary alicyclic amines) is 2. The van der Waals surface area contributed by atoms with Crippen LogP contribution in [0.1, 0.15) is 33.1 Å². The number of amides is 1. The number of carbonyl (C=O) groups is 2.